The quantitative estimate of drug-likeness (QED) is 0.485. The Bertz CT molecular complexity index is 1020. The zero-order chi connectivity index (χ0) is 20.8. The molecule has 1 aromatic heterocycles. The predicted molar refractivity (Wildman–Crippen MR) is 119 cm³/mol. The van der Waals surface area contributed by atoms with Gasteiger partial charge in [0.15, 0.2) is 0 Å². The third-order valence-electron chi connectivity index (χ3n) is 5.30. The Balaban J connectivity index is 1.49. The second kappa shape index (κ2) is 9.23. The molecule has 0 aliphatic carbocycles. The summed E-state index contributed by atoms with van der Waals surface area (Å²) in [6.45, 7) is 2.75. The first kappa shape index (κ1) is 19.6. The number of nitrogens with one attached hydrogen (secondary N) is 1. The van der Waals surface area contributed by atoms with E-state index in [0.717, 1.165) is 5.56 Å². The van der Waals surface area contributed by atoms with Gasteiger partial charge in [-0.1, -0.05) is 72.8 Å². The number of carbonyl (C=O) groups is 1. The molecule has 1 unspecified atom stereocenters. The highest BCUT2D eigenvalue weighted by atomic mass is 16.1. The minimum absolute atomic E-state index is 0.0638. The number of amides is 1. The van der Waals surface area contributed by atoms with Crippen molar-refractivity contribution in [1.29, 1.82) is 0 Å². The Morgan fingerprint density at radius 1 is 0.867 bits per heavy atom. The molecule has 1 heterocycles. The summed E-state index contributed by atoms with van der Waals surface area (Å²) in [6, 6.07) is 30.2. The molecule has 1 atom stereocenters. The fraction of sp³-hybridized carbons (Fsp3) is 0.154. The zero-order valence-corrected chi connectivity index (χ0v) is 17.0. The third kappa shape index (κ3) is 4.66. The molecule has 0 aliphatic heterocycles. The summed E-state index contributed by atoms with van der Waals surface area (Å²) in [4.78, 5) is 12.9. The summed E-state index contributed by atoms with van der Waals surface area (Å²) in [7, 11) is 0. The van der Waals surface area contributed by atoms with E-state index in [1.165, 1.54) is 11.1 Å². The molecule has 1 N–H and O–H groups in total. The Kier molecular flexibility index (Phi) is 6.04. The first-order valence-corrected chi connectivity index (χ1v) is 10.2. The molecule has 0 aliphatic rings. The lowest BCUT2D eigenvalue weighted by Gasteiger charge is -2.26. The van der Waals surface area contributed by atoms with E-state index in [4.69, 9.17) is 0 Å². The number of hydrogen-bond acceptors (Lipinski definition) is 2. The molecule has 4 aromatic rings. The fourth-order valence-corrected chi connectivity index (χ4v) is 3.81. The van der Waals surface area contributed by atoms with Gasteiger partial charge in [-0.2, -0.15) is 5.10 Å². The third-order valence-corrected chi connectivity index (χ3v) is 5.30. The van der Waals surface area contributed by atoms with E-state index in [1.807, 2.05) is 77.6 Å². The van der Waals surface area contributed by atoms with Crippen LogP contribution in [-0.4, -0.2) is 21.7 Å². The number of carbonyl (C=O) groups excluding carboxylic acids is 1. The van der Waals surface area contributed by atoms with Gasteiger partial charge in [0, 0.05) is 29.9 Å². The summed E-state index contributed by atoms with van der Waals surface area (Å²) < 4.78 is 1.86. The van der Waals surface area contributed by atoms with Gasteiger partial charge in [-0.05, 0) is 41.8 Å². The van der Waals surface area contributed by atoms with Crippen molar-refractivity contribution in [1.82, 2.24) is 15.1 Å². The minimum Gasteiger partial charge on any atom is -0.349 e. The zero-order valence-electron chi connectivity index (χ0n) is 17.0. The number of benzene rings is 3. The fourth-order valence-electron chi connectivity index (χ4n) is 3.81. The van der Waals surface area contributed by atoms with Crippen molar-refractivity contribution in [3.05, 3.63) is 126 Å². The van der Waals surface area contributed by atoms with Gasteiger partial charge in [-0.15, -0.1) is 0 Å². The van der Waals surface area contributed by atoms with Crippen LogP contribution in [-0.2, 0) is 6.54 Å². The van der Waals surface area contributed by atoms with Crippen LogP contribution < -0.4 is 5.32 Å². The summed E-state index contributed by atoms with van der Waals surface area (Å²) >= 11 is 0. The van der Waals surface area contributed by atoms with E-state index >= 15 is 0 Å². The van der Waals surface area contributed by atoms with Gasteiger partial charge in [0.1, 0.15) is 0 Å². The maximum atomic E-state index is 12.9. The van der Waals surface area contributed by atoms with Crippen LogP contribution in [0.15, 0.2) is 103 Å². The van der Waals surface area contributed by atoms with Crippen molar-refractivity contribution in [3.8, 4) is 0 Å². The highest BCUT2D eigenvalue weighted by Crippen LogP contribution is 2.28. The standard InChI is InChI=1S/C26H25N3O/c1-20(25(22-9-4-2-5-10-22)23-11-6-3-7-12-23)28-26(30)24-15-13-21(14-16-24)19-29-18-8-17-27-29/h2-18,20,25H,19H2,1H3,(H,28,30). The van der Waals surface area contributed by atoms with E-state index in [9.17, 15) is 4.79 Å². The van der Waals surface area contributed by atoms with E-state index in [2.05, 4.69) is 41.6 Å². The lowest BCUT2D eigenvalue weighted by Crippen LogP contribution is -2.37. The van der Waals surface area contributed by atoms with Crippen LogP contribution in [0.5, 0.6) is 0 Å². The molecular weight excluding hydrogens is 370 g/mol. The Morgan fingerprint density at radius 2 is 1.47 bits per heavy atom. The molecule has 0 radical (unpaired) electrons. The lowest BCUT2D eigenvalue weighted by molar-refractivity contribution is 0.0937. The Hall–Kier alpha value is -3.66. The maximum Gasteiger partial charge on any atom is 0.251 e. The predicted octanol–water partition coefficient (Wildman–Crippen LogP) is 4.88. The van der Waals surface area contributed by atoms with E-state index < -0.39 is 0 Å². The highest BCUT2D eigenvalue weighted by Gasteiger charge is 2.23. The second-order valence-corrected chi connectivity index (χ2v) is 7.46. The van der Waals surface area contributed by atoms with Crippen molar-refractivity contribution in [3.63, 3.8) is 0 Å². The van der Waals surface area contributed by atoms with Gasteiger partial charge in [0.2, 0.25) is 0 Å². The van der Waals surface area contributed by atoms with Gasteiger partial charge in [0.25, 0.3) is 5.91 Å². The van der Waals surface area contributed by atoms with Crippen LogP contribution in [0.3, 0.4) is 0 Å². The minimum atomic E-state index is -0.0648. The molecule has 0 saturated heterocycles. The Morgan fingerprint density at radius 3 is 2.00 bits per heavy atom. The molecule has 0 spiro atoms. The molecular formula is C26H25N3O. The van der Waals surface area contributed by atoms with Crippen molar-refractivity contribution >= 4 is 5.91 Å². The van der Waals surface area contributed by atoms with Crippen LogP contribution >= 0.6 is 0 Å². The summed E-state index contributed by atoms with van der Waals surface area (Å²) in [5.41, 5.74) is 4.14. The van der Waals surface area contributed by atoms with Gasteiger partial charge < -0.3 is 5.32 Å². The highest BCUT2D eigenvalue weighted by molar-refractivity contribution is 5.94. The SMILES string of the molecule is CC(NC(=O)c1ccc(Cn2cccn2)cc1)C(c1ccccc1)c1ccccc1. The van der Waals surface area contributed by atoms with Crippen molar-refractivity contribution < 1.29 is 4.79 Å². The number of nitrogens with zero attached hydrogens (tertiary/aromatic N) is 2. The molecule has 4 rings (SSSR count). The van der Waals surface area contributed by atoms with Gasteiger partial charge in [-0.25, -0.2) is 0 Å². The molecule has 0 fully saturated rings. The number of aromatic nitrogens is 2. The maximum absolute atomic E-state index is 12.9. The van der Waals surface area contributed by atoms with E-state index in [-0.39, 0.29) is 17.9 Å². The van der Waals surface area contributed by atoms with Crippen molar-refractivity contribution in [2.24, 2.45) is 0 Å². The van der Waals surface area contributed by atoms with Crippen LogP contribution in [0, 0.1) is 0 Å². The summed E-state index contributed by atoms with van der Waals surface area (Å²) in [6.07, 6.45) is 3.69. The van der Waals surface area contributed by atoms with Crippen LogP contribution in [0.2, 0.25) is 0 Å². The molecule has 4 heteroatoms. The topological polar surface area (TPSA) is 46.9 Å². The monoisotopic (exact) mass is 395 g/mol. The van der Waals surface area contributed by atoms with Gasteiger partial charge in [0.05, 0.1) is 6.54 Å². The van der Waals surface area contributed by atoms with Gasteiger partial charge >= 0.3 is 0 Å². The first-order valence-electron chi connectivity index (χ1n) is 10.2. The van der Waals surface area contributed by atoms with Crippen molar-refractivity contribution in [2.75, 3.05) is 0 Å². The Labute approximate surface area is 177 Å². The summed E-state index contributed by atoms with van der Waals surface area (Å²) in [5, 5.41) is 7.42. The molecule has 4 nitrogen and oxygen atoms in total. The lowest BCUT2D eigenvalue weighted by atomic mass is 9.85. The molecule has 0 bridgehead atoms. The smallest absolute Gasteiger partial charge is 0.251 e. The first-order chi connectivity index (χ1) is 14.7. The summed E-state index contributed by atoms with van der Waals surface area (Å²) in [5.74, 6) is 0.0143. The van der Waals surface area contributed by atoms with Crippen LogP contribution in [0.4, 0.5) is 0 Å². The van der Waals surface area contributed by atoms with E-state index in [1.54, 1.807) is 6.20 Å². The van der Waals surface area contributed by atoms with Crippen LogP contribution in [0.25, 0.3) is 0 Å². The molecule has 3 aromatic carbocycles. The largest absolute Gasteiger partial charge is 0.349 e. The molecule has 0 saturated carbocycles. The second-order valence-electron chi connectivity index (χ2n) is 7.46. The normalized spacial score (nSPS) is 11.9. The van der Waals surface area contributed by atoms with E-state index in [0.29, 0.717) is 12.1 Å². The average molecular weight is 396 g/mol. The number of rotatable bonds is 7. The van der Waals surface area contributed by atoms with Gasteiger partial charge in [-0.3, -0.25) is 9.48 Å². The average Bonchev–Trinajstić information content (AvgIpc) is 3.29. The van der Waals surface area contributed by atoms with Crippen LogP contribution in [0.1, 0.15) is 39.9 Å². The van der Waals surface area contributed by atoms with Crippen molar-refractivity contribution in [2.45, 2.75) is 25.4 Å². The number of hydrogen-bond donors (Lipinski definition) is 1. The molecule has 30 heavy (non-hydrogen) atoms. The molecule has 1 amide bonds. The molecule has 150 valence electrons.